The molecule has 134 valence electrons. The highest BCUT2D eigenvalue weighted by Gasteiger charge is 2.29. The SMILES string of the molecule is CC(=O)Nc1ccc(C)c(NC2CCN(CCC(F)(F)F)CC2)c1. The number of amides is 1. The van der Waals surface area contributed by atoms with Crippen molar-refractivity contribution in [1.82, 2.24) is 4.90 Å². The number of carbonyl (C=O) groups is 1. The van der Waals surface area contributed by atoms with E-state index < -0.39 is 12.6 Å². The van der Waals surface area contributed by atoms with E-state index >= 15 is 0 Å². The number of likely N-dealkylation sites (tertiary alicyclic amines) is 1. The number of halogens is 3. The van der Waals surface area contributed by atoms with Gasteiger partial charge in [0.05, 0.1) is 6.42 Å². The topological polar surface area (TPSA) is 44.4 Å². The van der Waals surface area contributed by atoms with Gasteiger partial charge in [0.15, 0.2) is 0 Å². The van der Waals surface area contributed by atoms with Gasteiger partial charge in [0.1, 0.15) is 0 Å². The Balaban J connectivity index is 1.86. The summed E-state index contributed by atoms with van der Waals surface area (Å²) < 4.78 is 36.8. The molecule has 0 aromatic heterocycles. The zero-order valence-electron chi connectivity index (χ0n) is 14.0. The molecule has 1 fully saturated rings. The fraction of sp³-hybridized carbons (Fsp3) is 0.588. The van der Waals surface area contributed by atoms with Gasteiger partial charge in [-0.05, 0) is 37.5 Å². The van der Waals surface area contributed by atoms with E-state index in [0.29, 0.717) is 13.1 Å². The zero-order valence-corrected chi connectivity index (χ0v) is 14.0. The minimum Gasteiger partial charge on any atom is -0.382 e. The standard InChI is InChI=1S/C17H24F3N3O/c1-12-3-4-15(21-13(2)24)11-16(12)22-14-5-8-23(9-6-14)10-7-17(18,19)20/h3-4,11,14,22H,5-10H2,1-2H3,(H,21,24). The second-order valence-corrected chi connectivity index (χ2v) is 6.34. The van der Waals surface area contributed by atoms with E-state index in [1.165, 1.54) is 6.92 Å². The lowest BCUT2D eigenvalue weighted by Gasteiger charge is -2.33. The Kier molecular flexibility index (Phi) is 6.10. The Bertz CT molecular complexity index is 567. The Morgan fingerprint density at radius 1 is 1.29 bits per heavy atom. The maximum Gasteiger partial charge on any atom is 0.390 e. The molecule has 1 aliphatic heterocycles. The van der Waals surface area contributed by atoms with Crippen molar-refractivity contribution in [2.24, 2.45) is 0 Å². The first-order chi connectivity index (χ1) is 11.2. The third-order valence-electron chi connectivity index (χ3n) is 4.22. The predicted molar refractivity (Wildman–Crippen MR) is 89.2 cm³/mol. The van der Waals surface area contributed by atoms with Crippen LogP contribution in [-0.2, 0) is 4.79 Å². The number of nitrogens with zero attached hydrogens (tertiary/aromatic N) is 1. The van der Waals surface area contributed by atoms with E-state index in [4.69, 9.17) is 0 Å². The van der Waals surface area contributed by atoms with Gasteiger partial charge in [0, 0.05) is 44.0 Å². The van der Waals surface area contributed by atoms with E-state index in [2.05, 4.69) is 10.6 Å². The highest BCUT2D eigenvalue weighted by molar-refractivity contribution is 5.89. The molecule has 0 aliphatic carbocycles. The summed E-state index contributed by atoms with van der Waals surface area (Å²) in [5.41, 5.74) is 2.76. The fourth-order valence-electron chi connectivity index (χ4n) is 2.86. The predicted octanol–water partition coefficient (Wildman–Crippen LogP) is 3.78. The van der Waals surface area contributed by atoms with Crippen LogP contribution in [0.15, 0.2) is 18.2 Å². The molecule has 24 heavy (non-hydrogen) atoms. The van der Waals surface area contributed by atoms with E-state index in [1.54, 1.807) is 0 Å². The smallest absolute Gasteiger partial charge is 0.382 e. The third-order valence-corrected chi connectivity index (χ3v) is 4.22. The van der Waals surface area contributed by atoms with Gasteiger partial charge in [-0.2, -0.15) is 13.2 Å². The van der Waals surface area contributed by atoms with Crippen molar-refractivity contribution in [1.29, 1.82) is 0 Å². The monoisotopic (exact) mass is 343 g/mol. The van der Waals surface area contributed by atoms with Crippen molar-refractivity contribution in [3.05, 3.63) is 23.8 Å². The van der Waals surface area contributed by atoms with Crippen molar-refractivity contribution in [2.45, 2.75) is 45.3 Å². The summed E-state index contributed by atoms with van der Waals surface area (Å²) in [5, 5.41) is 6.21. The van der Waals surface area contributed by atoms with Crippen molar-refractivity contribution in [3.63, 3.8) is 0 Å². The molecule has 1 amide bonds. The van der Waals surface area contributed by atoms with Gasteiger partial charge in [-0.3, -0.25) is 4.79 Å². The number of hydrogen-bond acceptors (Lipinski definition) is 3. The molecular formula is C17H24F3N3O. The number of benzene rings is 1. The highest BCUT2D eigenvalue weighted by Crippen LogP contribution is 2.25. The van der Waals surface area contributed by atoms with E-state index in [-0.39, 0.29) is 18.5 Å². The van der Waals surface area contributed by atoms with Crippen LogP contribution in [0.25, 0.3) is 0 Å². The van der Waals surface area contributed by atoms with Crippen LogP contribution in [-0.4, -0.2) is 42.7 Å². The van der Waals surface area contributed by atoms with Gasteiger partial charge in [0.2, 0.25) is 5.91 Å². The molecule has 0 unspecified atom stereocenters. The number of carbonyl (C=O) groups excluding carboxylic acids is 1. The lowest BCUT2D eigenvalue weighted by atomic mass is 10.0. The molecule has 1 aliphatic rings. The Morgan fingerprint density at radius 2 is 1.96 bits per heavy atom. The first-order valence-electron chi connectivity index (χ1n) is 8.17. The number of nitrogens with one attached hydrogen (secondary N) is 2. The van der Waals surface area contributed by atoms with Crippen molar-refractivity contribution in [2.75, 3.05) is 30.3 Å². The summed E-state index contributed by atoms with van der Waals surface area (Å²) in [6.07, 6.45) is -3.22. The maximum absolute atomic E-state index is 12.3. The molecule has 1 aromatic carbocycles. The van der Waals surface area contributed by atoms with Crippen LogP contribution in [0.2, 0.25) is 0 Å². The average molecular weight is 343 g/mol. The summed E-state index contributed by atoms with van der Waals surface area (Å²) >= 11 is 0. The van der Waals surface area contributed by atoms with Gasteiger partial charge in [-0.15, -0.1) is 0 Å². The number of aryl methyl sites for hydroxylation is 1. The molecule has 1 saturated heterocycles. The van der Waals surface area contributed by atoms with Crippen molar-refractivity contribution < 1.29 is 18.0 Å². The number of hydrogen-bond donors (Lipinski definition) is 2. The molecule has 7 heteroatoms. The first-order valence-corrected chi connectivity index (χ1v) is 8.17. The van der Waals surface area contributed by atoms with Crippen LogP contribution in [0.1, 0.15) is 31.7 Å². The molecule has 0 atom stereocenters. The lowest BCUT2D eigenvalue weighted by Crippen LogP contribution is -2.40. The highest BCUT2D eigenvalue weighted by atomic mass is 19.4. The van der Waals surface area contributed by atoms with Crippen LogP contribution in [0.4, 0.5) is 24.5 Å². The van der Waals surface area contributed by atoms with E-state index in [0.717, 1.165) is 29.8 Å². The Hall–Kier alpha value is -1.76. The number of anilines is 2. The van der Waals surface area contributed by atoms with Crippen LogP contribution in [0.5, 0.6) is 0 Å². The van der Waals surface area contributed by atoms with Crippen LogP contribution < -0.4 is 10.6 Å². The second-order valence-electron chi connectivity index (χ2n) is 6.34. The Morgan fingerprint density at radius 3 is 2.54 bits per heavy atom. The van der Waals surface area contributed by atoms with Gasteiger partial charge < -0.3 is 15.5 Å². The summed E-state index contributed by atoms with van der Waals surface area (Å²) in [6.45, 7) is 4.85. The molecule has 2 rings (SSSR count). The number of piperidine rings is 1. The largest absolute Gasteiger partial charge is 0.390 e. The van der Waals surface area contributed by atoms with Gasteiger partial charge >= 0.3 is 6.18 Å². The molecular weight excluding hydrogens is 319 g/mol. The number of rotatable bonds is 5. The molecule has 2 N–H and O–H groups in total. The molecule has 0 spiro atoms. The quantitative estimate of drug-likeness (QED) is 0.855. The summed E-state index contributed by atoms with van der Waals surface area (Å²) in [6, 6.07) is 5.92. The van der Waals surface area contributed by atoms with Gasteiger partial charge in [-0.25, -0.2) is 0 Å². The maximum atomic E-state index is 12.3. The Labute approximate surface area is 140 Å². The van der Waals surface area contributed by atoms with Crippen LogP contribution in [0, 0.1) is 6.92 Å². The summed E-state index contributed by atoms with van der Waals surface area (Å²) in [7, 11) is 0. The molecule has 1 aromatic rings. The minimum absolute atomic E-state index is 0.0767. The summed E-state index contributed by atoms with van der Waals surface area (Å²) in [4.78, 5) is 13.0. The zero-order chi connectivity index (χ0) is 17.7. The number of alkyl halides is 3. The van der Waals surface area contributed by atoms with Crippen molar-refractivity contribution in [3.8, 4) is 0 Å². The van der Waals surface area contributed by atoms with Crippen LogP contribution >= 0.6 is 0 Å². The van der Waals surface area contributed by atoms with Gasteiger partial charge in [-0.1, -0.05) is 6.07 Å². The molecule has 0 radical (unpaired) electrons. The molecule has 4 nitrogen and oxygen atoms in total. The molecule has 0 bridgehead atoms. The molecule has 0 saturated carbocycles. The minimum atomic E-state index is -4.09. The van der Waals surface area contributed by atoms with Crippen LogP contribution in [0.3, 0.4) is 0 Å². The fourth-order valence-corrected chi connectivity index (χ4v) is 2.86. The summed E-state index contributed by atoms with van der Waals surface area (Å²) in [5.74, 6) is -0.122. The lowest BCUT2D eigenvalue weighted by molar-refractivity contribution is -0.138. The normalized spacial score (nSPS) is 16.9. The second kappa shape index (κ2) is 7.88. The van der Waals surface area contributed by atoms with Crippen molar-refractivity contribution >= 4 is 17.3 Å². The van der Waals surface area contributed by atoms with E-state index in [9.17, 15) is 18.0 Å². The third kappa shape index (κ3) is 6.03. The first kappa shape index (κ1) is 18.6. The van der Waals surface area contributed by atoms with E-state index in [1.807, 2.05) is 30.0 Å². The molecule has 1 heterocycles. The van der Waals surface area contributed by atoms with Gasteiger partial charge in [0.25, 0.3) is 0 Å². The average Bonchev–Trinajstić information content (AvgIpc) is 2.49.